The maximum Gasteiger partial charge on any atom is 0.0645 e. The van der Waals surface area contributed by atoms with Gasteiger partial charge in [-0.2, -0.15) is 0 Å². The molecule has 1 nitrogen and oxygen atoms in total. The van der Waals surface area contributed by atoms with Crippen molar-refractivity contribution in [1.82, 2.24) is 0 Å². The second kappa shape index (κ2) is 7.65. The van der Waals surface area contributed by atoms with Crippen molar-refractivity contribution in [3.8, 4) is 22.3 Å². The molecule has 1 N–H and O–H groups in total. The lowest BCUT2D eigenvalue weighted by atomic mass is 9.98. The lowest BCUT2D eigenvalue weighted by Gasteiger charge is -2.10. The Labute approximate surface area is 193 Å². The van der Waals surface area contributed by atoms with Gasteiger partial charge in [-0.15, -0.1) is 0 Å². The molecule has 5 aromatic carbocycles. The normalized spacial score (nSPS) is 18.5. The van der Waals surface area contributed by atoms with Crippen LogP contribution in [0.1, 0.15) is 21.9 Å². The predicted octanol–water partition coefficient (Wildman–Crippen LogP) is 7.92. The summed E-state index contributed by atoms with van der Waals surface area (Å²) in [6, 6.07) is -3.43. The van der Waals surface area contributed by atoms with E-state index in [4.69, 9.17) is 21.9 Å². The summed E-state index contributed by atoms with van der Waals surface area (Å²) in [5, 5.41) is 2.52. The van der Waals surface area contributed by atoms with Gasteiger partial charge in [-0.1, -0.05) is 96.7 Å². The van der Waals surface area contributed by atoms with E-state index in [2.05, 4.69) is 5.32 Å². The number of rotatable bonds is 4. The Bertz CT molecular complexity index is 2020. The molecular weight excluding hydrogens is 350 g/mol. The van der Waals surface area contributed by atoms with Crippen molar-refractivity contribution in [1.29, 1.82) is 0 Å². The Kier molecular flexibility index (Phi) is 1.90. The highest BCUT2D eigenvalue weighted by Gasteiger charge is 2.04. The van der Waals surface area contributed by atoms with Crippen LogP contribution in [0, 0.1) is 0 Å². The van der Waals surface area contributed by atoms with Crippen molar-refractivity contribution in [2.45, 2.75) is 0 Å². The minimum atomic E-state index is -0.681. The minimum Gasteiger partial charge on any atom is -0.356 e. The Morgan fingerprint density at radius 3 is 1.93 bits per heavy atom. The van der Waals surface area contributed by atoms with Gasteiger partial charge in [-0.25, -0.2) is 0 Å². The van der Waals surface area contributed by atoms with Gasteiger partial charge in [0, 0.05) is 11.4 Å². The molecule has 0 aromatic heterocycles. The van der Waals surface area contributed by atoms with E-state index in [1.165, 1.54) is 24.3 Å². The molecule has 0 spiro atoms. The molecule has 0 bridgehead atoms. The minimum absolute atomic E-state index is 0.0109. The van der Waals surface area contributed by atoms with Crippen LogP contribution in [-0.4, -0.2) is 0 Å². The molecule has 0 amide bonds. The molecule has 0 unspecified atom stereocenters. The number of hydrogen-bond acceptors (Lipinski definition) is 1. The van der Waals surface area contributed by atoms with Crippen LogP contribution in [0.5, 0.6) is 0 Å². The van der Waals surface area contributed by atoms with E-state index in [0.717, 1.165) is 0 Å². The number of hydrogen-bond donors (Lipinski definition) is 1. The van der Waals surface area contributed by atoms with Crippen molar-refractivity contribution >= 4 is 22.1 Å². The molecule has 5 rings (SSSR count). The maximum absolute atomic E-state index is 8.54. The summed E-state index contributed by atoms with van der Waals surface area (Å²) in [4.78, 5) is 0. The Hall–Kier alpha value is -3.84. The van der Waals surface area contributed by atoms with Gasteiger partial charge in [0.2, 0.25) is 0 Å². The summed E-state index contributed by atoms with van der Waals surface area (Å²) in [6.45, 7) is 0. The van der Waals surface area contributed by atoms with Crippen LogP contribution in [0.3, 0.4) is 0 Å². The third kappa shape index (κ3) is 3.63. The van der Waals surface area contributed by atoms with Crippen LogP contribution in [0.25, 0.3) is 33.0 Å². The molecule has 138 valence electrons. The summed E-state index contributed by atoms with van der Waals surface area (Å²) in [5.41, 5.74) is -0.622. The van der Waals surface area contributed by atoms with E-state index < -0.39 is 108 Å². The molecule has 0 aliphatic rings. The monoisotopic (exact) mass is 387 g/mol. The third-order valence-electron chi connectivity index (χ3n) is 4.13. The van der Waals surface area contributed by atoms with Crippen LogP contribution in [0.15, 0.2) is 121 Å². The van der Waals surface area contributed by atoms with Crippen LogP contribution >= 0.6 is 0 Å². The highest BCUT2D eigenvalue weighted by molar-refractivity contribution is 5.96. The van der Waals surface area contributed by atoms with Crippen LogP contribution in [0.2, 0.25) is 0 Å². The predicted molar refractivity (Wildman–Crippen MR) is 125 cm³/mol. The van der Waals surface area contributed by atoms with E-state index in [9.17, 15) is 0 Å². The van der Waals surface area contributed by atoms with Gasteiger partial charge in [0.1, 0.15) is 0 Å². The maximum atomic E-state index is 8.54. The average molecular weight is 388 g/mol. The zero-order valence-corrected chi connectivity index (χ0v) is 14.8. The zero-order chi connectivity index (χ0) is 33.4. The second-order valence-electron chi connectivity index (χ2n) is 5.95. The Morgan fingerprint density at radius 2 is 1.14 bits per heavy atom. The average Bonchev–Trinajstić information content (AvgIpc) is 3.02. The van der Waals surface area contributed by atoms with Crippen molar-refractivity contribution in [3.63, 3.8) is 0 Å². The highest BCUT2D eigenvalue weighted by atomic mass is 14.9. The molecular formula is C28H21N. The molecule has 29 heavy (non-hydrogen) atoms. The lowest BCUT2D eigenvalue weighted by Crippen LogP contribution is -1.90. The zero-order valence-electron chi connectivity index (χ0n) is 30.8. The Balaban J connectivity index is 1.63. The summed E-state index contributed by atoms with van der Waals surface area (Å²) < 4.78 is 132. The topological polar surface area (TPSA) is 12.0 Å². The van der Waals surface area contributed by atoms with E-state index >= 15 is 0 Å². The van der Waals surface area contributed by atoms with E-state index in [-0.39, 0.29) is 33.3 Å². The SMILES string of the molecule is [2H]c1c([2H])c([2H])c(-c2c([2H])c([2H])c(Nc3ccc(-c4c([2H])c([2H])c([2H])c5c([2H])c([2H])c([2H])c([2H])c45)cc3)c([2H])c2[2H])c([2H])c1[2H]. The van der Waals surface area contributed by atoms with Crippen molar-refractivity contribution in [2.75, 3.05) is 5.32 Å². The first kappa shape index (κ1) is 7.20. The number of anilines is 2. The van der Waals surface area contributed by atoms with Gasteiger partial charge >= 0.3 is 0 Å². The number of nitrogens with one attached hydrogen (secondary N) is 1. The first-order chi connectivity index (χ1) is 21.0. The summed E-state index contributed by atoms with van der Waals surface area (Å²) >= 11 is 0. The molecule has 0 aliphatic carbocycles. The molecule has 0 saturated heterocycles. The molecule has 0 radical (unpaired) electrons. The fraction of sp³-hybridized carbons (Fsp3) is 0. The summed E-state index contributed by atoms with van der Waals surface area (Å²) in [6.07, 6.45) is 0. The first-order valence-electron chi connectivity index (χ1n) is 16.6. The molecule has 5 aromatic rings. The highest BCUT2D eigenvalue weighted by Crippen LogP contribution is 2.30. The van der Waals surface area contributed by atoms with E-state index in [0.29, 0.717) is 0 Å². The van der Waals surface area contributed by atoms with Crippen molar-refractivity contribution in [2.24, 2.45) is 0 Å². The largest absolute Gasteiger partial charge is 0.356 e. The van der Waals surface area contributed by atoms with E-state index in [1.54, 1.807) is 0 Å². The van der Waals surface area contributed by atoms with Crippen LogP contribution in [0.4, 0.5) is 11.4 Å². The molecule has 0 atom stereocenters. The first-order valence-corrected chi connectivity index (χ1v) is 8.57. The number of benzene rings is 5. The van der Waals surface area contributed by atoms with Gasteiger partial charge in [0.15, 0.2) is 0 Å². The number of fused-ring (bicyclic) bond motifs is 1. The molecule has 0 aliphatic heterocycles. The standard InChI is InChI=1S/C28H21N/c1-2-7-21(8-3-1)22-13-17-25(18-14-22)29-26-19-15-24(16-20-26)28-12-6-10-23-9-4-5-11-27(23)28/h1-20,29H/i1D,2D,3D,4D,5D,6D,7D,8D,9D,10D,11D,12D,13D,14D,17D,18D. The molecule has 0 heterocycles. The lowest BCUT2D eigenvalue weighted by molar-refractivity contribution is 1.54. The summed E-state index contributed by atoms with van der Waals surface area (Å²) in [7, 11) is 0. The van der Waals surface area contributed by atoms with Gasteiger partial charge < -0.3 is 5.32 Å². The third-order valence-corrected chi connectivity index (χ3v) is 4.13. The molecule has 0 fully saturated rings. The fourth-order valence-corrected chi connectivity index (χ4v) is 2.77. The Morgan fingerprint density at radius 1 is 0.483 bits per heavy atom. The molecule has 0 saturated carbocycles. The smallest absolute Gasteiger partial charge is 0.0645 e. The van der Waals surface area contributed by atoms with Crippen molar-refractivity contribution < 1.29 is 21.9 Å². The van der Waals surface area contributed by atoms with Gasteiger partial charge in [-0.3, -0.25) is 0 Å². The van der Waals surface area contributed by atoms with Crippen LogP contribution in [-0.2, 0) is 0 Å². The van der Waals surface area contributed by atoms with Crippen molar-refractivity contribution in [3.05, 3.63) is 121 Å². The quantitative estimate of drug-likeness (QED) is 0.330. The van der Waals surface area contributed by atoms with Gasteiger partial charge in [-0.05, 0) is 57.2 Å². The van der Waals surface area contributed by atoms with Gasteiger partial charge in [0.05, 0.1) is 21.9 Å². The summed E-state index contributed by atoms with van der Waals surface area (Å²) in [5.74, 6) is 0. The van der Waals surface area contributed by atoms with E-state index in [1.807, 2.05) is 0 Å². The van der Waals surface area contributed by atoms with Gasteiger partial charge in [0.25, 0.3) is 0 Å². The van der Waals surface area contributed by atoms with Crippen LogP contribution < -0.4 is 5.32 Å². The fourth-order valence-electron chi connectivity index (χ4n) is 2.77. The second-order valence-corrected chi connectivity index (χ2v) is 5.95. The molecule has 1 heteroatoms.